The van der Waals surface area contributed by atoms with Gasteiger partial charge < -0.3 is 9.32 Å². The maximum atomic E-state index is 6.47. The molecular formula is C60H39NOS. The molecule has 0 aliphatic heterocycles. The zero-order chi connectivity index (χ0) is 41.7. The van der Waals surface area contributed by atoms with E-state index in [0.29, 0.717) is 0 Å². The van der Waals surface area contributed by atoms with Crippen LogP contribution in [0.5, 0.6) is 0 Å². The van der Waals surface area contributed by atoms with E-state index in [2.05, 4.69) is 235 Å². The van der Waals surface area contributed by atoms with E-state index < -0.39 is 0 Å². The van der Waals surface area contributed by atoms with Crippen molar-refractivity contribution < 1.29 is 4.42 Å². The number of hydrogen-bond donors (Lipinski definition) is 0. The minimum atomic E-state index is 0.877. The molecule has 0 aliphatic rings. The lowest BCUT2D eigenvalue weighted by atomic mass is 9.89. The van der Waals surface area contributed by atoms with Gasteiger partial charge in [0.05, 0.1) is 5.69 Å². The molecule has 3 heteroatoms. The maximum absolute atomic E-state index is 6.47. The fourth-order valence-corrected chi connectivity index (χ4v) is 10.6. The topological polar surface area (TPSA) is 16.4 Å². The Kier molecular flexibility index (Phi) is 9.06. The van der Waals surface area contributed by atoms with Crippen molar-refractivity contribution in [2.45, 2.75) is 0 Å². The van der Waals surface area contributed by atoms with Gasteiger partial charge in [-0.25, -0.2) is 0 Å². The van der Waals surface area contributed by atoms with Crippen LogP contribution in [0.3, 0.4) is 0 Å². The molecule has 0 spiro atoms. The monoisotopic (exact) mass is 821 g/mol. The van der Waals surface area contributed by atoms with Crippen molar-refractivity contribution in [3.05, 3.63) is 237 Å². The molecule has 2 aromatic heterocycles. The number of rotatable bonds is 8. The summed E-state index contributed by atoms with van der Waals surface area (Å²) in [5, 5.41) is 4.84. The number of furan rings is 1. The highest BCUT2D eigenvalue weighted by Crippen LogP contribution is 2.49. The van der Waals surface area contributed by atoms with Crippen LogP contribution in [0.4, 0.5) is 17.1 Å². The summed E-state index contributed by atoms with van der Waals surface area (Å²) in [4.78, 5) is 2.46. The van der Waals surface area contributed by atoms with Crippen LogP contribution in [0.2, 0.25) is 0 Å². The molecule has 12 rings (SSSR count). The van der Waals surface area contributed by atoms with E-state index in [0.717, 1.165) is 72.4 Å². The third kappa shape index (κ3) is 6.50. The molecule has 0 atom stereocenters. The van der Waals surface area contributed by atoms with E-state index in [4.69, 9.17) is 4.42 Å². The average molecular weight is 822 g/mol. The van der Waals surface area contributed by atoms with Gasteiger partial charge in [0.1, 0.15) is 11.2 Å². The van der Waals surface area contributed by atoms with E-state index in [1.54, 1.807) is 0 Å². The Labute approximate surface area is 370 Å². The van der Waals surface area contributed by atoms with E-state index in [1.807, 2.05) is 17.4 Å². The van der Waals surface area contributed by atoms with Crippen molar-refractivity contribution in [2.24, 2.45) is 0 Å². The van der Waals surface area contributed by atoms with Gasteiger partial charge in [0.25, 0.3) is 0 Å². The van der Waals surface area contributed by atoms with Crippen LogP contribution in [0.25, 0.3) is 97.7 Å². The standard InChI is InChI=1S/C60H39NOS/c1-4-17-40(18-5-1)44-37-45(41-19-6-2-7-20-41)39-47(38-44)61(46-35-33-42(34-36-46)48-25-16-32-57-60(48)52-24-11-13-31-56(52)63-57)53-28-14-26-49(58(53)43-21-8-3-9-22-43)50-27-15-30-55-59(50)51-23-10-12-29-54(51)62-55/h1-39H. The Morgan fingerprint density at radius 1 is 0.317 bits per heavy atom. The molecule has 2 nitrogen and oxygen atoms in total. The second-order valence-corrected chi connectivity index (χ2v) is 17.1. The van der Waals surface area contributed by atoms with Crippen molar-refractivity contribution in [2.75, 3.05) is 4.90 Å². The SMILES string of the molecule is c1ccc(-c2cc(-c3ccccc3)cc(N(c3ccc(-c4cccc5sc6ccccc6c45)cc3)c3cccc(-c4cccc5oc6ccccc6c45)c3-c3ccccc3)c2)cc1. The molecule has 2 heterocycles. The van der Waals surface area contributed by atoms with E-state index in [1.165, 1.54) is 42.4 Å². The Balaban J connectivity index is 1.13. The molecule has 12 aromatic rings. The van der Waals surface area contributed by atoms with Crippen LogP contribution in [-0.2, 0) is 0 Å². The molecule has 63 heavy (non-hydrogen) atoms. The molecule has 0 radical (unpaired) electrons. The summed E-state index contributed by atoms with van der Waals surface area (Å²) < 4.78 is 9.08. The lowest BCUT2D eigenvalue weighted by Crippen LogP contribution is -2.12. The summed E-state index contributed by atoms with van der Waals surface area (Å²) >= 11 is 1.86. The largest absolute Gasteiger partial charge is 0.456 e. The minimum absolute atomic E-state index is 0.877. The van der Waals surface area contributed by atoms with Gasteiger partial charge in [0, 0.05) is 47.9 Å². The highest BCUT2D eigenvalue weighted by molar-refractivity contribution is 7.25. The number of anilines is 3. The molecule has 10 aromatic carbocycles. The Morgan fingerprint density at radius 3 is 1.60 bits per heavy atom. The zero-order valence-electron chi connectivity index (χ0n) is 34.3. The molecule has 0 fully saturated rings. The van der Waals surface area contributed by atoms with Gasteiger partial charge in [-0.2, -0.15) is 0 Å². The van der Waals surface area contributed by atoms with Crippen LogP contribution < -0.4 is 4.90 Å². The fourth-order valence-electron chi connectivity index (χ4n) is 9.43. The second-order valence-electron chi connectivity index (χ2n) is 16.0. The molecule has 0 saturated heterocycles. The van der Waals surface area contributed by atoms with E-state index in [-0.39, 0.29) is 0 Å². The summed E-state index contributed by atoms with van der Waals surface area (Å²) in [6.07, 6.45) is 0. The summed E-state index contributed by atoms with van der Waals surface area (Å²) in [6, 6.07) is 85.5. The van der Waals surface area contributed by atoms with Crippen molar-refractivity contribution in [1.29, 1.82) is 0 Å². The third-order valence-corrected chi connectivity index (χ3v) is 13.4. The molecule has 0 N–H and O–H groups in total. The van der Waals surface area contributed by atoms with Crippen molar-refractivity contribution in [3.8, 4) is 55.6 Å². The third-order valence-electron chi connectivity index (χ3n) is 12.3. The lowest BCUT2D eigenvalue weighted by Gasteiger charge is -2.30. The van der Waals surface area contributed by atoms with Gasteiger partial charge in [0.15, 0.2) is 0 Å². The first kappa shape index (κ1) is 36.8. The second kappa shape index (κ2) is 15.5. The number of benzene rings is 10. The van der Waals surface area contributed by atoms with Crippen molar-refractivity contribution in [1.82, 2.24) is 0 Å². The molecule has 296 valence electrons. The fraction of sp³-hybridized carbons (Fsp3) is 0. The first-order valence-electron chi connectivity index (χ1n) is 21.4. The van der Waals surface area contributed by atoms with Crippen LogP contribution in [0.15, 0.2) is 241 Å². The zero-order valence-corrected chi connectivity index (χ0v) is 35.1. The predicted molar refractivity (Wildman–Crippen MR) is 268 cm³/mol. The number of thiophene rings is 1. The number of nitrogens with zero attached hydrogens (tertiary/aromatic N) is 1. The highest BCUT2D eigenvalue weighted by atomic mass is 32.1. The summed E-state index contributed by atoms with van der Waals surface area (Å²) in [5.41, 5.74) is 16.6. The Bertz CT molecular complexity index is 3550. The molecule has 0 bridgehead atoms. The summed E-state index contributed by atoms with van der Waals surface area (Å²) in [7, 11) is 0. The van der Waals surface area contributed by atoms with E-state index >= 15 is 0 Å². The van der Waals surface area contributed by atoms with Gasteiger partial charge in [-0.05, 0) is 111 Å². The van der Waals surface area contributed by atoms with Crippen molar-refractivity contribution in [3.63, 3.8) is 0 Å². The van der Waals surface area contributed by atoms with Crippen LogP contribution in [-0.4, -0.2) is 0 Å². The van der Waals surface area contributed by atoms with E-state index in [9.17, 15) is 0 Å². The predicted octanol–water partition coefficient (Wildman–Crippen LogP) is 17.8. The first-order valence-corrected chi connectivity index (χ1v) is 22.2. The summed E-state index contributed by atoms with van der Waals surface area (Å²) in [6.45, 7) is 0. The van der Waals surface area contributed by atoms with Crippen molar-refractivity contribution >= 4 is 70.5 Å². The Morgan fingerprint density at radius 2 is 0.873 bits per heavy atom. The average Bonchev–Trinajstić information content (AvgIpc) is 3.94. The normalized spacial score (nSPS) is 11.5. The highest BCUT2D eigenvalue weighted by Gasteiger charge is 2.24. The van der Waals surface area contributed by atoms with Gasteiger partial charge in [0.2, 0.25) is 0 Å². The van der Waals surface area contributed by atoms with Crippen LogP contribution in [0.1, 0.15) is 0 Å². The summed E-state index contributed by atoms with van der Waals surface area (Å²) in [5.74, 6) is 0. The number of hydrogen-bond acceptors (Lipinski definition) is 3. The maximum Gasteiger partial charge on any atom is 0.136 e. The van der Waals surface area contributed by atoms with Crippen LogP contribution in [0, 0.1) is 0 Å². The van der Waals surface area contributed by atoms with Gasteiger partial charge in [-0.3, -0.25) is 0 Å². The smallest absolute Gasteiger partial charge is 0.136 e. The molecule has 0 unspecified atom stereocenters. The van der Waals surface area contributed by atoms with Crippen LogP contribution >= 0.6 is 11.3 Å². The van der Waals surface area contributed by atoms with Gasteiger partial charge in [-0.15, -0.1) is 11.3 Å². The molecular weight excluding hydrogens is 783 g/mol. The molecule has 0 aliphatic carbocycles. The number of fused-ring (bicyclic) bond motifs is 6. The van der Waals surface area contributed by atoms with Gasteiger partial charge >= 0.3 is 0 Å². The minimum Gasteiger partial charge on any atom is -0.456 e. The number of para-hydroxylation sites is 1. The lowest BCUT2D eigenvalue weighted by molar-refractivity contribution is 0.669. The quantitative estimate of drug-likeness (QED) is 0.152. The molecule has 0 saturated carbocycles. The first-order chi connectivity index (χ1) is 31.2. The molecule has 0 amide bonds. The Hall–Kier alpha value is -7.98. The van der Waals surface area contributed by atoms with Gasteiger partial charge in [-0.1, -0.05) is 176 Å².